The van der Waals surface area contributed by atoms with Gasteiger partial charge >= 0.3 is 6.09 Å². The molecule has 0 radical (unpaired) electrons. The predicted molar refractivity (Wildman–Crippen MR) is 74.3 cm³/mol. The second-order valence-corrected chi connectivity index (χ2v) is 7.98. The summed E-state index contributed by atoms with van der Waals surface area (Å²) >= 11 is 4.67. The first-order valence-corrected chi connectivity index (χ1v) is 8.05. The number of ether oxygens (including phenoxy) is 1. The number of alkyl halides is 2. The third-order valence-electron chi connectivity index (χ3n) is 4.31. The molecule has 8 heteroatoms. The van der Waals surface area contributed by atoms with E-state index in [1.165, 1.54) is 16.7 Å². The van der Waals surface area contributed by atoms with Gasteiger partial charge in [0.15, 0.2) is 0 Å². The van der Waals surface area contributed by atoms with Crippen LogP contribution in [0.3, 0.4) is 0 Å². The average molecular weight is 370 g/mol. The first kappa shape index (κ1) is 14.6. The highest BCUT2D eigenvalue weighted by atomic mass is 79.9. The molecule has 1 spiro atoms. The Labute approximate surface area is 127 Å². The number of hydrogen-bond donors (Lipinski definition) is 1. The van der Waals surface area contributed by atoms with E-state index in [1.54, 1.807) is 6.08 Å². The van der Waals surface area contributed by atoms with Crippen molar-refractivity contribution >= 4 is 33.8 Å². The van der Waals surface area contributed by atoms with Crippen molar-refractivity contribution in [3.63, 3.8) is 0 Å². The van der Waals surface area contributed by atoms with E-state index in [9.17, 15) is 13.6 Å². The number of thioether (sulfide) groups is 1. The Hall–Kier alpha value is -0.340. The molecule has 0 bridgehead atoms. The zero-order valence-corrected chi connectivity index (χ0v) is 12.9. The van der Waals surface area contributed by atoms with Gasteiger partial charge in [-0.25, -0.2) is 13.6 Å². The molecular weight excluding hydrogens is 356 g/mol. The number of likely N-dealkylation sites (tertiary alicyclic amines) is 1. The fourth-order valence-electron chi connectivity index (χ4n) is 3.16. The van der Waals surface area contributed by atoms with Crippen LogP contribution in [0.2, 0.25) is 0 Å². The van der Waals surface area contributed by atoms with Crippen LogP contribution in [0.1, 0.15) is 12.8 Å². The van der Waals surface area contributed by atoms with E-state index in [0.717, 1.165) is 3.81 Å². The van der Waals surface area contributed by atoms with Crippen LogP contribution in [0.4, 0.5) is 13.6 Å². The van der Waals surface area contributed by atoms with Gasteiger partial charge in [0.2, 0.25) is 0 Å². The minimum absolute atomic E-state index is 0.336. The largest absolute Gasteiger partial charge is 0.465 e. The van der Waals surface area contributed by atoms with Gasteiger partial charge in [0.1, 0.15) is 6.61 Å². The molecule has 3 rings (SSSR count). The number of hydrogen-bond acceptors (Lipinski definition) is 3. The summed E-state index contributed by atoms with van der Waals surface area (Å²) in [5.74, 6) is -3.70. The van der Waals surface area contributed by atoms with E-state index < -0.39 is 30.1 Å². The molecule has 1 amide bonds. The van der Waals surface area contributed by atoms with E-state index in [0.29, 0.717) is 25.9 Å². The third kappa shape index (κ3) is 2.25. The van der Waals surface area contributed by atoms with Gasteiger partial charge in [0.05, 0.1) is 16.8 Å². The molecule has 3 aliphatic rings. The Balaban J connectivity index is 1.81. The van der Waals surface area contributed by atoms with Crippen molar-refractivity contribution in [3.8, 4) is 0 Å². The summed E-state index contributed by atoms with van der Waals surface area (Å²) in [4.78, 5) is 12.3. The molecule has 2 fully saturated rings. The van der Waals surface area contributed by atoms with Crippen molar-refractivity contribution in [1.82, 2.24) is 4.90 Å². The molecule has 4 nitrogen and oxygen atoms in total. The SMILES string of the molecule is O=C(O)N1CCC2(CC1)OCC(F)(F)C1C=C(Br)SC12. The zero-order valence-electron chi connectivity index (χ0n) is 10.5. The molecule has 0 aromatic heterocycles. The monoisotopic (exact) mass is 369 g/mol. The van der Waals surface area contributed by atoms with Gasteiger partial charge in [-0.2, -0.15) is 0 Å². The van der Waals surface area contributed by atoms with E-state index in [4.69, 9.17) is 9.84 Å². The number of carbonyl (C=O) groups is 1. The summed E-state index contributed by atoms with van der Waals surface area (Å²) in [5, 5.41) is 8.63. The Bertz CT molecular complexity index is 466. The minimum Gasteiger partial charge on any atom is -0.465 e. The molecular formula is C12H14BrF2NO3S. The van der Waals surface area contributed by atoms with Crippen LogP contribution >= 0.6 is 27.7 Å². The van der Waals surface area contributed by atoms with Crippen molar-refractivity contribution in [3.05, 3.63) is 9.89 Å². The molecule has 3 heterocycles. The van der Waals surface area contributed by atoms with Gasteiger partial charge in [-0.05, 0) is 28.8 Å². The zero-order chi connectivity index (χ0) is 14.5. The van der Waals surface area contributed by atoms with Crippen molar-refractivity contribution < 1.29 is 23.4 Å². The van der Waals surface area contributed by atoms with Crippen LogP contribution in [0.25, 0.3) is 0 Å². The van der Waals surface area contributed by atoms with Crippen LogP contribution in [0.15, 0.2) is 9.89 Å². The van der Waals surface area contributed by atoms with Crippen LogP contribution in [0.5, 0.6) is 0 Å². The number of fused-ring (bicyclic) bond motifs is 2. The standard InChI is InChI=1S/C12H14BrF2NO3S/c13-8-5-7-9(20-8)11(19-6-12(7,14)15)1-3-16(4-2-11)10(17)18/h5,7,9H,1-4,6H2,(H,17,18). The fourth-order valence-corrected chi connectivity index (χ4v) is 5.46. The maximum atomic E-state index is 14.0. The first-order chi connectivity index (χ1) is 9.34. The number of nitrogens with zero attached hydrogens (tertiary/aromatic N) is 1. The summed E-state index contributed by atoms with van der Waals surface area (Å²) in [7, 11) is 0. The topological polar surface area (TPSA) is 49.8 Å². The second kappa shape index (κ2) is 4.84. The number of allylic oxidation sites excluding steroid dienone is 1. The van der Waals surface area contributed by atoms with Gasteiger partial charge < -0.3 is 14.7 Å². The third-order valence-corrected chi connectivity index (χ3v) is 6.48. The first-order valence-electron chi connectivity index (χ1n) is 6.38. The smallest absolute Gasteiger partial charge is 0.407 e. The molecule has 2 saturated heterocycles. The lowest BCUT2D eigenvalue weighted by Gasteiger charge is -2.50. The van der Waals surface area contributed by atoms with E-state index in [2.05, 4.69) is 15.9 Å². The fraction of sp³-hybridized carbons (Fsp3) is 0.750. The average Bonchev–Trinajstić information content (AvgIpc) is 2.80. The van der Waals surface area contributed by atoms with Gasteiger partial charge in [-0.3, -0.25) is 0 Å². The quantitative estimate of drug-likeness (QED) is 0.712. The number of carboxylic acid groups (broad SMARTS) is 1. The van der Waals surface area contributed by atoms with Crippen LogP contribution in [-0.4, -0.2) is 52.6 Å². The highest BCUT2D eigenvalue weighted by Gasteiger charge is 2.60. The van der Waals surface area contributed by atoms with Crippen molar-refractivity contribution in [2.24, 2.45) is 5.92 Å². The Kier molecular flexibility index (Phi) is 3.53. The van der Waals surface area contributed by atoms with Crippen LogP contribution in [0, 0.1) is 5.92 Å². The van der Waals surface area contributed by atoms with Gasteiger partial charge in [0.25, 0.3) is 5.92 Å². The van der Waals surface area contributed by atoms with E-state index in [-0.39, 0.29) is 5.25 Å². The summed E-state index contributed by atoms with van der Waals surface area (Å²) in [6.45, 7) is 0.0865. The molecule has 3 aliphatic heterocycles. The number of amides is 1. The molecule has 20 heavy (non-hydrogen) atoms. The van der Waals surface area contributed by atoms with Gasteiger partial charge in [-0.1, -0.05) is 6.08 Å². The summed E-state index contributed by atoms with van der Waals surface area (Å²) < 4.78 is 34.2. The lowest BCUT2D eigenvalue weighted by Crippen LogP contribution is -2.61. The molecule has 0 aromatic carbocycles. The lowest BCUT2D eigenvalue weighted by molar-refractivity contribution is -0.214. The van der Waals surface area contributed by atoms with Gasteiger partial charge in [-0.15, -0.1) is 11.8 Å². The lowest BCUT2D eigenvalue weighted by atomic mass is 9.77. The Morgan fingerprint density at radius 3 is 2.75 bits per heavy atom. The predicted octanol–water partition coefficient (Wildman–Crippen LogP) is 3.13. The van der Waals surface area contributed by atoms with E-state index >= 15 is 0 Å². The van der Waals surface area contributed by atoms with Crippen LogP contribution in [-0.2, 0) is 4.74 Å². The molecule has 2 atom stereocenters. The normalized spacial score (nSPS) is 34.8. The number of piperidine rings is 1. The number of rotatable bonds is 0. The molecule has 0 aliphatic carbocycles. The maximum Gasteiger partial charge on any atom is 0.407 e. The summed E-state index contributed by atoms with van der Waals surface area (Å²) in [5.41, 5.74) is -0.644. The highest BCUT2D eigenvalue weighted by molar-refractivity contribution is 9.14. The molecule has 1 N–H and O–H groups in total. The summed E-state index contributed by atoms with van der Waals surface area (Å²) in [6, 6.07) is 0. The summed E-state index contributed by atoms with van der Waals surface area (Å²) in [6.07, 6.45) is 1.55. The molecule has 2 unspecified atom stereocenters. The highest BCUT2D eigenvalue weighted by Crippen LogP contribution is 2.56. The van der Waals surface area contributed by atoms with E-state index in [1.807, 2.05) is 0 Å². The molecule has 0 saturated carbocycles. The number of halogens is 3. The Morgan fingerprint density at radius 2 is 2.15 bits per heavy atom. The van der Waals surface area contributed by atoms with Crippen molar-refractivity contribution in [2.45, 2.75) is 29.6 Å². The van der Waals surface area contributed by atoms with Crippen molar-refractivity contribution in [2.75, 3.05) is 19.7 Å². The maximum absolute atomic E-state index is 14.0. The minimum atomic E-state index is -2.86. The Morgan fingerprint density at radius 1 is 1.50 bits per heavy atom. The second-order valence-electron chi connectivity index (χ2n) is 5.42. The van der Waals surface area contributed by atoms with Crippen LogP contribution < -0.4 is 0 Å². The van der Waals surface area contributed by atoms with Gasteiger partial charge in [0, 0.05) is 16.9 Å². The molecule has 0 aromatic rings. The van der Waals surface area contributed by atoms with Crippen molar-refractivity contribution in [1.29, 1.82) is 0 Å². The molecule has 112 valence electrons.